The Kier molecular flexibility index (Phi) is 4.32. The normalized spacial score (nSPS) is 15.9. The molecule has 1 saturated heterocycles. The summed E-state index contributed by atoms with van der Waals surface area (Å²) in [5.74, 6) is 0.570. The first-order chi connectivity index (χ1) is 14.1. The van der Waals surface area contributed by atoms with Crippen molar-refractivity contribution in [2.45, 2.75) is 13.3 Å². The van der Waals surface area contributed by atoms with Gasteiger partial charge in [0, 0.05) is 54.9 Å². The van der Waals surface area contributed by atoms with Crippen LogP contribution < -0.4 is 10.5 Å². The Labute approximate surface area is 168 Å². The lowest BCUT2D eigenvalue weighted by Gasteiger charge is -2.22. The second-order valence-corrected chi connectivity index (χ2v) is 7.72. The van der Waals surface area contributed by atoms with Gasteiger partial charge in [0.1, 0.15) is 5.58 Å². The average molecular weight is 389 g/mol. The second kappa shape index (κ2) is 7.00. The molecule has 7 nitrogen and oxygen atoms in total. The lowest BCUT2D eigenvalue weighted by molar-refractivity contribution is 0.360. The molecule has 29 heavy (non-hydrogen) atoms. The Morgan fingerprint density at radius 3 is 2.83 bits per heavy atom. The number of aryl methyl sites for hydroxylation is 1. The third-order valence-corrected chi connectivity index (χ3v) is 5.55. The summed E-state index contributed by atoms with van der Waals surface area (Å²) < 4.78 is 7.50. The smallest absolute Gasteiger partial charge is 0.345 e. The predicted octanol–water partition coefficient (Wildman–Crippen LogP) is 2.95. The van der Waals surface area contributed by atoms with Crippen molar-refractivity contribution in [2.24, 2.45) is 0 Å². The number of benzene rings is 1. The van der Waals surface area contributed by atoms with Crippen LogP contribution in [0, 0.1) is 6.92 Å². The minimum absolute atomic E-state index is 0.384. The van der Waals surface area contributed by atoms with Crippen molar-refractivity contribution < 1.29 is 4.42 Å². The van der Waals surface area contributed by atoms with Crippen LogP contribution in [0.5, 0.6) is 0 Å². The lowest BCUT2D eigenvalue weighted by Crippen LogP contribution is -2.28. The molecule has 1 aromatic carbocycles. The highest BCUT2D eigenvalue weighted by Gasteiger charge is 2.16. The molecule has 0 spiro atoms. The molecule has 7 heteroatoms. The fraction of sp³-hybridized carbons (Fsp3) is 0.318. The summed E-state index contributed by atoms with van der Waals surface area (Å²) in [5.41, 5.74) is 3.21. The molecular weight excluding hydrogens is 366 g/mol. The number of fused-ring (bicyclic) bond motifs is 2. The number of hydrogen-bond acceptors (Lipinski definition) is 6. The van der Waals surface area contributed by atoms with Gasteiger partial charge in [0.2, 0.25) is 5.78 Å². The maximum atomic E-state index is 12.7. The van der Waals surface area contributed by atoms with Gasteiger partial charge in [-0.05, 0) is 51.2 Å². The topological polar surface area (TPSA) is 66.9 Å². The maximum absolute atomic E-state index is 12.7. The first kappa shape index (κ1) is 17.9. The van der Waals surface area contributed by atoms with E-state index in [4.69, 9.17) is 4.42 Å². The van der Waals surface area contributed by atoms with E-state index in [0.29, 0.717) is 22.6 Å². The molecule has 0 atom stereocenters. The fourth-order valence-electron chi connectivity index (χ4n) is 3.87. The number of nitrogens with zero attached hydrogens (tertiary/aromatic N) is 5. The molecule has 0 saturated carbocycles. The number of likely N-dealkylation sites (N-methyl/N-ethyl adjacent to an activating group) is 1. The van der Waals surface area contributed by atoms with Gasteiger partial charge < -0.3 is 14.2 Å². The summed E-state index contributed by atoms with van der Waals surface area (Å²) in [6.07, 6.45) is 4.82. The van der Waals surface area contributed by atoms with Crippen molar-refractivity contribution in [3.05, 3.63) is 58.8 Å². The summed E-state index contributed by atoms with van der Waals surface area (Å²) >= 11 is 0. The van der Waals surface area contributed by atoms with Crippen molar-refractivity contribution in [3.8, 4) is 11.3 Å². The molecule has 1 aliphatic heterocycles. The molecular formula is C22H23N5O2. The standard InChI is InChI=1S/C22H23N5O2/c1-15-6-9-27-14-19(24-22(27)23-15)18-12-16-4-5-17(13-20(16)29-21(18)28)26-8-3-7-25(2)10-11-26/h4-6,9,12-14H,3,7-8,10-11H2,1-2H3. The highest BCUT2D eigenvalue weighted by atomic mass is 16.4. The second-order valence-electron chi connectivity index (χ2n) is 7.72. The van der Waals surface area contributed by atoms with Gasteiger partial charge in [-0.15, -0.1) is 0 Å². The van der Waals surface area contributed by atoms with Crippen LogP contribution in [-0.4, -0.2) is 52.5 Å². The SMILES string of the molecule is Cc1ccn2cc(-c3cc4ccc(N5CCCN(C)CC5)cc4oc3=O)nc2n1. The molecule has 0 radical (unpaired) electrons. The van der Waals surface area contributed by atoms with Crippen LogP contribution >= 0.6 is 0 Å². The number of anilines is 1. The highest BCUT2D eigenvalue weighted by molar-refractivity contribution is 5.84. The molecule has 148 valence electrons. The minimum Gasteiger partial charge on any atom is -0.422 e. The molecule has 3 aromatic heterocycles. The zero-order valence-corrected chi connectivity index (χ0v) is 16.6. The van der Waals surface area contributed by atoms with Crippen LogP contribution in [0.2, 0.25) is 0 Å². The summed E-state index contributed by atoms with van der Waals surface area (Å²) in [4.78, 5) is 26.3. The molecule has 0 unspecified atom stereocenters. The first-order valence-electron chi connectivity index (χ1n) is 9.91. The van der Waals surface area contributed by atoms with E-state index in [-0.39, 0.29) is 5.63 Å². The third-order valence-electron chi connectivity index (χ3n) is 5.55. The van der Waals surface area contributed by atoms with Crippen molar-refractivity contribution in [1.29, 1.82) is 0 Å². The van der Waals surface area contributed by atoms with Crippen LogP contribution in [0.4, 0.5) is 5.69 Å². The van der Waals surface area contributed by atoms with E-state index in [1.165, 1.54) is 0 Å². The Morgan fingerprint density at radius 1 is 1.03 bits per heavy atom. The Bertz CT molecular complexity index is 1260. The highest BCUT2D eigenvalue weighted by Crippen LogP contribution is 2.25. The van der Waals surface area contributed by atoms with Crippen molar-refractivity contribution >= 4 is 22.4 Å². The quantitative estimate of drug-likeness (QED) is 0.491. The molecule has 0 bridgehead atoms. The van der Waals surface area contributed by atoms with Crippen LogP contribution in [-0.2, 0) is 0 Å². The average Bonchev–Trinajstić information content (AvgIpc) is 2.99. The maximum Gasteiger partial charge on any atom is 0.345 e. The van der Waals surface area contributed by atoms with E-state index in [0.717, 1.165) is 49.4 Å². The summed E-state index contributed by atoms with van der Waals surface area (Å²) in [5, 5.41) is 0.886. The molecule has 4 heterocycles. The van der Waals surface area contributed by atoms with Crippen LogP contribution in [0.1, 0.15) is 12.1 Å². The molecule has 0 N–H and O–H groups in total. The van der Waals surface area contributed by atoms with Gasteiger partial charge in [-0.2, -0.15) is 0 Å². The molecule has 0 amide bonds. The van der Waals surface area contributed by atoms with E-state index in [1.54, 1.807) is 0 Å². The number of hydrogen-bond donors (Lipinski definition) is 0. The summed E-state index contributed by atoms with van der Waals surface area (Å²) in [6, 6.07) is 9.86. The first-order valence-corrected chi connectivity index (χ1v) is 9.91. The molecule has 5 rings (SSSR count). The minimum atomic E-state index is -0.384. The van der Waals surface area contributed by atoms with E-state index < -0.39 is 0 Å². The van der Waals surface area contributed by atoms with Crippen LogP contribution in [0.15, 0.2) is 51.9 Å². The van der Waals surface area contributed by atoms with E-state index in [2.05, 4.69) is 32.9 Å². The van der Waals surface area contributed by atoms with Gasteiger partial charge in [0.25, 0.3) is 0 Å². The van der Waals surface area contributed by atoms with E-state index >= 15 is 0 Å². The van der Waals surface area contributed by atoms with Gasteiger partial charge in [-0.3, -0.25) is 4.40 Å². The van der Waals surface area contributed by atoms with Crippen molar-refractivity contribution in [2.75, 3.05) is 38.1 Å². The number of imidazole rings is 1. The Balaban J connectivity index is 1.53. The summed E-state index contributed by atoms with van der Waals surface area (Å²) in [6.45, 7) is 6.03. The Hall–Kier alpha value is -3.19. The number of aromatic nitrogens is 3. The zero-order valence-electron chi connectivity index (χ0n) is 16.6. The van der Waals surface area contributed by atoms with E-state index in [1.807, 2.05) is 48.0 Å². The predicted molar refractivity (Wildman–Crippen MR) is 114 cm³/mol. The van der Waals surface area contributed by atoms with Gasteiger partial charge in [0.05, 0.1) is 11.3 Å². The lowest BCUT2D eigenvalue weighted by atomic mass is 10.1. The Morgan fingerprint density at radius 2 is 1.93 bits per heavy atom. The third kappa shape index (κ3) is 3.38. The van der Waals surface area contributed by atoms with Gasteiger partial charge in [-0.25, -0.2) is 14.8 Å². The van der Waals surface area contributed by atoms with Crippen molar-refractivity contribution in [1.82, 2.24) is 19.3 Å². The largest absolute Gasteiger partial charge is 0.422 e. The van der Waals surface area contributed by atoms with Gasteiger partial charge in [-0.1, -0.05) is 0 Å². The number of rotatable bonds is 2. The van der Waals surface area contributed by atoms with Crippen LogP contribution in [0.25, 0.3) is 28.0 Å². The molecule has 1 aliphatic rings. The molecule has 4 aromatic rings. The van der Waals surface area contributed by atoms with Gasteiger partial charge in [0.15, 0.2) is 0 Å². The van der Waals surface area contributed by atoms with Crippen LogP contribution in [0.3, 0.4) is 0 Å². The fourth-order valence-corrected chi connectivity index (χ4v) is 3.87. The van der Waals surface area contributed by atoms with Gasteiger partial charge >= 0.3 is 5.63 Å². The van der Waals surface area contributed by atoms with E-state index in [9.17, 15) is 4.79 Å². The molecule has 1 fully saturated rings. The zero-order chi connectivity index (χ0) is 20.0. The van der Waals surface area contributed by atoms with Crippen molar-refractivity contribution in [3.63, 3.8) is 0 Å². The monoisotopic (exact) mass is 389 g/mol. The summed E-state index contributed by atoms with van der Waals surface area (Å²) in [7, 11) is 2.15. The molecule has 0 aliphatic carbocycles.